The van der Waals surface area contributed by atoms with Gasteiger partial charge in [0, 0.05) is 54.7 Å². The van der Waals surface area contributed by atoms with Crippen LogP contribution >= 0.6 is 0 Å². The van der Waals surface area contributed by atoms with E-state index in [1.165, 1.54) is 65.0 Å². The third-order valence-electron chi connectivity index (χ3n) is 12.3. The zero-order valence-electron chi connectivity index (χ0n) is 30.7. The van der Waals surface area contributed by atoms with E-state index in [0.717, 1.165) is 52.0 Å². The fourth-order valence-corrected chi connectivity index (χ4v) is 9.78. The van der Waals surface area contributed by atoms with Gasteiger partial charge in [-0.15, -0.1) is 0 Å². The molecule has 3 heterocycles. The Morgan fingerprint density at radius 1 is 0.509 bits per heavy atom. The van der Waals surface area contributed by atoms with Crippen molar-refractivity contribution in [3.05, 3.63) is 167 Å². The highest BCUT2D eigenvalue weighted by molar-refractivity contribution is 6.18. The summed E-state index contributed by atoms with van der Waals surface area (Å²) < 4.78 is 4.75. The van der Waals surface area contributed by atoms with E-state index in [-0.39, 0.29) is 5.41 Å². The standard InChI is InChI=1S/C51H36N4/c1-51(2)42-22-12-10-21-40(42)48-46(51)47(34-25-26-38-37-20-11-13-23-43(37)54(44(38)30-34)35-17-4-3-5-18-35)52-50(53-48)55-45-29-33-16-7-6-15-32(33)28-41(45)39-27-24-31-14-8-9-19-36(31)49(39)55/h3-5,8-30H,6-7H2,1-2H3. The predicted molar refractivity (Wildman–Crippen MR) is 229 cm³/mol. The minimum Gasteiger partial charge on any atom is -0.309 e. The van der Waals surface area contributed by atoms with Crippen LogP contribution in [0.4, 0.5) is 0 Å². The van der Waals surface area contributed by atoms with E-state index < -0.39 is 0 Å². The first-order chi connectivity index (χ1) is 27.0. The smallest absolute Gasteiger partial charge is 0.235 e. The topological polar surface area (TPSA) is 35.6 Å². The molecular formula is C51H36N4. The van der Waals surface area contributed by atoms with Gasteiger partial charge in [0.2, 0.25) is 5.95 Å². The number of rotatable bonds is 3. The first-order valence-corrected chi connectivity index (χ1v) is 19.3. The molecule has 0 radical (unpaired) electrons. The first-order valence-electron chi connectivity index (χ1n) is 19.3. The monoisotopic (exact) mass is 704 g/mol. The molecule has 0 fully saturated rings. The molecule has 12 rings (SSSR count). The van der Waals surface area contributed by atoms with E-state index in [1.807, 2.05) is 0 Å². The Morgan fingerprint density at radius 2 is 1.18 bits per heavy atom. The number of para-hydroxylation sites is 2. The van der Waals surface area contributed by atoms with Crippen LogP contribution in [0.3, 0.4) is 0 Å². The molecule has 7 aromatic carbocycles. The summed E-state index contributed by atoms with van der Waals surface area (Å²) in [6.45, 7) is 4.66. The third kappa shape index (κ3) is 4.22. The van der Waals surface area contributed by atoms with Gasteiger partial charge in [-0.25, -0.2) is 9.97 Å². The zero-order valence-corrected chi connectivity index (χ0v) is 30.7. The fourth-order valence-electron chi connectivity index (χ4n) is 9.78. The molecule has 2 aliphatic rings. The number of fused-ring (bicyclic) bond motifs is 12. The lowest BCUT2D eigenvalue weighted by Gasteiger charge is -2.24. The van der Waals surface area contributed by atoms with Crippen LogP contribution in [0.5, 0.6) is 0 Å². The molecule has 0 unspecified atom stereocenters. The van der Waals surface area contributed by atoms with Gasteiger partial charge in [0.25, 0.3) is 0 Å². The lowest BCUT2D eigenvalue weighted by molar-refractivity contribution is 0.657. The molecule has 55 heavy (non-hydrogen) atoms. The molecule has 0 saturated heterocycles. The summed E-state index contributed by atoms with van der Waals surface area (Å²) in [5.74, 6) is 0.695. The molecule has 0 saturated carbocycles. The molecule has 10 aromatic rings. The van der Waals surface area contributed by atoms with Gasteiger partial charge < -0.3 is 4.57 Å². The van der Waals surface area contributed by atoms with E-state index in [4.69, 9.17) is 9.97 Å². The van der Waals surface area contributed by atoms with Crippen LogP contribution < -0.4 is 10.4 Å². The molecular weight excluding hydrogens is 669 g/mol. The van der Waals surface area contributed by atoms with E-state index in [0.29, 0.717) is 5.95 Å². The third-order valence-corrected chi connectivity index (χ3v) is 12.3. The van der Waals surface area contributed by atoms with Crippen molar-refractivity contribution in [2.24, 2.45) is 0 Å². The fraction of sp³-hybridized carbons (Fsp3) is 0.0980. The minimum atomic E-state index is -0.307. The Bertz CT molecular complexity index is 3400. The Balaban J connectivity index is 1.23. The van der Waals surface area contributed by atoms with E-state index in [9.17, 15) is 0 Å². The molecule has 0 N–H and O–H groups in total. The number of aromatic nitrogens is 4. The zero-order chi connectivity index (χ0) is 36.4. The minimum absolute atomic E-state index is 0.307. The average molecular weight is 705 g/mol. The van der Waals surface area contributed by atoms with Crippen LogP contribution in [-0.4, -0.2) is 19.1 Å². The summed E-state index contributed by atoms with van der Waals surface area (Å²) in [5.41, 5.74) is 12.2. The lowest BCUT2D eigenvalue weighted by Crippen LogP contribution is -2.26. The summed E-state index contributed by atoms with van der Waals surface area (Å²) in [4.78, 5) is 11.4. The highest BCUT2D eigenvalue weighted by atomic mass is 15.2. The van der Waals surface area contributed by atoms with Crippen molar-refractivity contribution in [3.8, 4) is 34.2 Å². The predicted octanol–water partition coefficient (Wildman–Crippen LogP) is 11.2. The van der Waals surface area contributed by atoms with E-state index >= 15 is 0 Å². The highest BCUT2D eigenvalue weighted by Crippen LogP contribution is 2.52. The second-order valence-corrected chi connectivity index (χ2v) is 15.7. The van der Waals surface area contributed by atoms with Crippen molar-refractivity contribution >= 4 is 66.5 Å². The molecule has 3 aromatic heterocycles. The second-order valence-electron chi connectivity index (χ2n) is 15.7. The first kappa shape index (κ1) is 30.7. The van der Waals surface area contributed by atoms with Crippen molar-refractivity contribution in [1.29, 1.82) is 0 Å². The summed E-state index contributed by atoms with van der Waals surface area (Å²) in [6, 6.07) is 53.2. The van der Waals surface area contributed by atoms with Gasteiger partial charge in [-0.2, -0.15) is 0 Å². The van der Waals surface area contributed by atoms with Crippen LogP contribution in [0.25, 0.3) is 101 Å². The summed E-state index contributed by atoms with van der Waals surface area (Å²) in [6.07, 6.45) is 6.88. The SMILES string of the molecule is CC1(C)c2ccccc2-c2nc(-n3c4cc5c(cc4c4ccc6ccccc6c43)=CCCC=5)nc(-c3ccc4c5ccccc5n(-c5ccccc5)c4c3)c21. The van der Waals surface area contributed by atoms with Gasteiger partial charge in [0.15, 0.2) is 0 Å². The van der Waals surface area contributed by atoms with Crippen molar-refractivity contribution < 1.29 is 0 Å². The van der Waals surface area contributed by atoms with Crippen molar-refractivity contribution in [2.45, 2.75) is 32.1 Å². The number of hydrogen-bond acceptors (Lipinski definition) is 2. The molecule has 260 valence electrons. The highest BCUT2D eigenvalue weighted by Gasteiger charge is 2.40. The van der Waals surface area contributed by atoms with Crippen LogP contribution in [0.1, 0.15) is 37.8 Å². The van der Waals surface area contributed by atoms with Gasteiger partial charge in [-0.05, 0) is 70.6 Å². The van der Waals surface area contributed by atoms with Crippen molar-refractivity contribution in [2.75, 3.05) is 0 Å². The maximum absolute atomic E-state index is 5.74. The Kier molecular flexibility index (Phi) is 6.20. The van der Waals surface area contributed by atoms with Crippen molar-refractivity contribution in [3.63, 3.8) is 0 Å². The summed E-state index contributed by atoms with van der Waals surface area (Å²) in [7, 11) is 0. The normalized spacial score (nSPS) is 14.3. The molecule has 0 spiro atoms. The molecule has 0 bridgehead atoms. The second kappa shape index (κ2) is 11.1. The lowest BCUT2D eigenvalue weighted by atomic mass is 9.81. The molecule has 2 aliphatic carbocycles. The molecule has 4 nitrogen and oxygen atoms in total. The molecule has 0 aliphatic heterocycles. The van der Waals surface area contributed by atoms with E-state index in [2.05, 4.69) is 181 Å². The Morgan fingerprint density at radius 3 is 2.05 bits per heavy atom. The maximum atomic E-state index is 5.74. The molecule has 0 amide bonds. The number of nitrogens with zero attached hydrogens (tertiary/aromatic N) is 4. The van der Waals surface area contributed by atoms with Gasteiger partial charge in [-0.1, -0.05) is 135 Å². The number of benzene rings is 7. The average Bonchev–Trinajstić information content (AvgIpc) is 3.82. The Labute approximate surface area is 318 Å². The summed E-state index contributed by atoms with van der Waals surface area (Å²) >= 11 is 0. The van der Waals surface area contributed by atoms with Gasteiger partial charge in [-0.3, -0.25) is 4.57 Å². The quantitative estimate of drug-likeness (QED) is 0.184. The van der Waals surface area contributed by atoms with Gasteiger partial charge in [0.05, 0.1) is 33.5 Å². The van der Waals surface area contributed by atoms with Gasteiger partial charge >= 0.3 is 0 Å². The van der Waals surface area contributed by atoms with Crippen LogP contribution in [0.2, 0.25) is 0 Å². The van der Waals surface area contributed by atoms with Crippen LogP contribution in [-0.2, 0) is 5.41 Å². The van der Waals surface area contributed by atoms with Gasteiger partial charge in [0.1, 0.15) is 0 Å². The van der Waals surface area contributed by atoms with Crippen LogP contribution in [0, 0.1) is 0 Å². The number of hydrogen-bond donors (Lipinski definition) is 0. The van der Waals surface area contributed by atoms with Crippen molar-refractivity contribution in [1.82, 2.24) is 19.1 Å². The molecule has 4 heteroatoms. The maximum Gasteiger partial charge on any atom is 0.235 e. The largest absolute Gasteiger partial charge is 0.309 e. The van der Waals surface area contributed by atoms with Crippen LogP contribution in [0.15, 0.2) is 146 Å². The Hall–Kier alpha value is -6.78. The molecule has 0 atom stereocenters. The summed E-state index contributed by atoms with van der Waals surface area (Å²) in [5, 5.41) is 9.89. The van der Waals surface area contributed by atoms with E-state index in [1.54, 1.807) is 0 Å².